The molecule has 5 aliphatic carbocycles. The molecule has 0 aromatic carbocycles. The predicted molar refractivity (Wildman–Crippen MR) is 135 cm³/mol. The zero-order chi connectivity index (χ0) is 25.8. The molecule has 35 heavy (non-hydrogen) atoms. The zero-order valence-corrected chi connectivity index (χ0v) is 22.7. The molecular weight excluding hydrogens is 440 g/mol. The third kappa shape index (κ3) is 3.07. The third-order valence-electron chi connectivity index (χ3n) is 13.2. The number of carboxylic acid groups (broad SMARTS) is 1. The minimum absolute atomic E-state index is 0.00698. The van der Waals surface area contributed by atoms with Gasteiger partial charge in [-0.15, -0.1) is 0 Å². The molecule has 10 atom stereocenters. The largest absolute Gasteiger partial charge is 0.481 e. The van der Waals surface area contributed by atoms with Gasteiger partial charge in [-0.3, -0.25) is 4.79 Å². The van der Waals surface area contributed by atoms with Crippen LogP contribution in [-0.2, 0) is 4.79 Å². The highest BCUT2D eigenvalue weighted by Gasteiger charge is 2.70. The number of fused-ring (bicyclic) bond motifs is 7. The molecule has 4 fully saturated rings. The van der Waals surface area contributed by atoms with Crippen molar-refractivity contribution in [2.24, 2.45) is 50.2 Å². The summed E-state index contributed by atoms with van der Waals surface area (Å²) in [4.78, 5) is 12.8. The van der Waals surface area contributed by atoms with Gasteiger partial charge in [-0.1, -0.05) is 53.2 Å². The van der Waals surface area contributed by atoms with E-state index < -0.39 is 29.0 Å². The summed E-state index contributed by atoms with van der Waals surface area (Å²) >= 11 is 0. The summed E-state index contributed by atoms with van der Waals surface area (Å²) in [6.45, 7) is 13.6. The van der Waals surface area contributed by atoms with E-state index in [9.17, 15) is 25.2 Å². The molecule has 4 saturated carbocycles. The first-order valence-corrected chi connectivity index (χ1v) is 14.0. The highest BCUT2D eigenvalue weighted by molar-refractivity contribution is 5.76. The highest BCUT2D eigenvalue weighted by atomic mass is 16.4. The second-order valence-corrected chi connectivity index (χ2v) is 15.1. The molecule has 5 nitrogen and oxygen atoms in total. The Balaban J connectivity index is 1.61. The number of carboxylic acids is 1. The van der Waals surface area contributed by atoms with Gasteiger partial charge in [-0.05, 0) is 97.2 Å². The van der Waals surface area contributed by atoms with Crippen LogP contribution in [0.3, 0.4) is 0 Å². The smallest absolute Gasteiger partial charge is 0.310 e. The van der Waals surface area contributed by atoms with Crippen LogP contribution in [0.25, 0.3) is 0 Å². The van der Waals surface area contributed by atoms with E-state index in [0.29, 0.717) is 12.3 Å². The van der Waals surface area contributed by atoms with Crippen molar-refractivity contribution >= 4 is 5.97 Å². The Hall–Kier alpha value is -0.910. The van der Waals surface area contributed by atoms with Gasteiger partial charge in [0.2, 0.25) is 0 Å². The zero-order valence-electron chi connectivity index (χ0n) is 22.7. The standard InChI is InChI=1S/C30H48O5/c1-25(2)11-13-30(24(34)35)14-12-28(5)18(19(30)15-25)7-8-22-26(3)16-20(32)23(33)27(4,17-31)21(26)9-10-29(22,28)6/h7,19-23,31-33H,8-17H2,1-6H3,(H,34,35)/t19-,20-,21+,22-,23+,26+,27+,28+,29-,30-/m1/s1. The molecule has 0 spiro atoms. The van der Waals surface area contributed by atoms with E-state index in [1.807, 2.05) is 6.92 Å². The Morgan fingerprint density at radius 2 is 1.60 bits per heavy atom. The molecule has 0 bridgehead atoms. The van der Waals surface area contributed by atoms with Crippen LogP contribution in [0.4, 0.5) is 0 Å². The second kappa shape index (κ2) is 7.57. The van der Waals surface area contributed by atoms with E-state index in [-0.39, 0.29) is 40.1 Å². The summed E-state index contributed by atoms with van der Waals surface area (Å²) in [5.74, 6) is -0.0472. The summed E-state index contributed by atoms with van der Waals surface area (Å²) in [5, 5.41) is 42.8. The second-order valence-electron chi connectivity index (χ2n) is 15.1. The first kappa shape index (κ1) is 25.7. The van der Waals surface area contributed by atoms with Gasteiger partial charge in [0.1, 0.15) is 0 Å². The molecule has 0 saturated heterocycles. The normalized spacial score (nSPS) is 55.0. The number of aliphatic carboxylic acids is 1. The van der Waals surface area contributed by atoms with Crippen molar-refractivity contribution in [3.8, 4) is 0 Å². The van der Waals surface area contributed by atoms with E-state index >= 15 is 0 Å². The van der Waals surface area contributed by atoms with Crippen LogP contribution >= 0.6 is 0 Å². The Morgan fingerprint density at radius 3 is 2.23 bits per heavy atom. The monoisotopic (exact) mass is 488 g/mol. The number of rotatable bonds is 2. The molecule has 5 heteroatoms. The number of hydrogen-bond acceptors (Lipinski definition) is 4. The number of allylic oxidation sites excluding steroid dienone is 2. The summed E-state index contributed by atoms with van der Waals surface area (Å²) in [6, 6.07) is 0. The molecule has 0 unspecified atom stereocenters. The minimum Gasteiger partial charge on any atom is -0.481 e. The first-order valence-electron chi connectivity index (χ1n) is 14.0. The number of carbonyl (C=O) groups is 1. The predicted octanol–water partition coefficient (Wildman–Crippen LogP) is 5.18. The maximum absolute atomic E-state index is 12.8. The number of hydrogen-bond donors (Lipinski definition) is 4. The first-order chi connectivity index (χ1) is 16.1. The van der Waals surface area contributed by atoms with Crippen molar-refractivity contribution in [2.45, 2.75) is 112 Å². The van der Waals surface area contributed by atoms with Crippen molar-refractivity contribution in [1.82, 2.24) is 0 Å². The fourth-order valence-corrected chi connectivity index (χ4v) is 10.8. The van der Waals surface area contributed by atoms with Gasteiger partial charge in [-0.25, -0.2) is 0 Å². The topological polar surface area (TPSA) is 98.0 Å². The lowest BCUT2D eigenvalue weighted by molar-refractivity contribution is -0.243. The highest BCUT2D eigenvalue weighted by Crippen LogP contribution is 2.75. The molecule has 4 N–H and O–H groups in total. The molecule has 198 valence electrons. The summed E-state index contributed by atoms with van der Waals surface area (Å²) in [6.07, 6.45) is 8.40. The summed E-state index contributed by atoms with van der Waals surface area (Å²) in [7, 11) is 0. The van der Waals surface area contributed by atoms with Crippen molar-refractivity contribution < 1.29 is 25.2 Å². The molecular formula is C30H48O5. The molecule has 5 aliphatic rings. The van der Waals surface area contributed by atoms with Crippen LogP contribution in [0, 0.1) is 50.2 Å². The maximum atomic E-state index is 12.8. The Morgan fingerprint density at radius 1 is 0.943 bits per heavy atom. The van der Waals surface area contributed by atoms with E-state index in [4.69, 9.17) is 0 Å². The van der Waals surface area contributed by atoms with E-state index in [1.54, 1.807) is 0 Å². The van der Waals surface area contributed by atoms with Gasteiger partial charge < -0.3 is 20.4 Å². The lowest BCUT2D eigenvalue weighted by Crippen LogP contribution is -2.68. The minimum atomic E-state index is -0.907. The molecule has 0 aromatic heterocycles. The van der Waals surface area contributed by atoms with Gasteiger partial charge in [0.25, 0.3) is 0 Å². The van der Waals surface area contributed by atoms with Gasteiger partial charge in [0.05, 0.1) is 24.2 Å². The van der Waals surface area contributed by atoms with Crippen LogP contribution < -0.4 is 0 Å². The lowest BCUT2D eigenvalue weighted by atomic mass is 9.33. The molecule has 0 aliphatic heterocycles. The quantitative estimate of drug-likeness (QED) is 0.402. The van der Waals surface area contributed by atoms with Crippen LogP contribution in [0.1, 0.15) is 99.3 Å². The Kier molecular flexibility index (Phi) is 5.56. The summed E-state index contributed by atoms with van der Waals surface area (Å²) < 4.78 is 0. The van der Waals surface area contributed by atoms with E-state index in [1.165, 1.54) is 5.57 Å². The Bertz CT molecular complexity index is 941. The fraction of sp³-hybridized carbons (Fsp3) is 0.900. The van der Waals surface area contributed by atoms with Gasteiger partial charge in [-0.2, -0.15) is 0 Å². The van der Waals surface area contributed by atoms with Crippen LogP contribution in [0.2, 0.25) is 0 Å². The third-order valence-corrected chi connectivity index (χ3v) is 13.2. The van der Waals surface area contributed by atoms with E-state index in [2.05, 4.69) is 40.7 Å². The van der Waals surface area contributed by atoms with Crippen LogP contribution in [0.15, 0.2) is 11.6 Å². The fourth-order valence-electron chi connectivity index (χ4n) is 10.8. The molecule has 0 amide bonds. The average molecular weight is 489 g/mol. The molecule has 0 radical (unpaired) electrons. The van der Waals surface area contributed by atoms with Crippen molar-refractivity contribution in [1.29, 1.82) is 0 Å². The van der Waals surface area contributed by atoms with Gasteiger partial charge in [0, 0.05) is 5.41 Å². The lowest BCUT2D eigenvalue weighted by Gasteiger charge is -2.71. The molecule has 0 heterocycles. The van der Waals surface area contributed by atoms with Gasteiger partial charge >= 0.3 is 5.97 Å². The Labute approximate surface area is 211 Å². The number of aliphatic hydroxyl groups is 3. The average Bonchev–Trinajstić information content (AvgIpc) is 2.77. The molecule has 0 aromatic rings. The van der Waals surface area contributed by atoms with Crippen molar-refractivity contribution in [2.75, 3.05) is 6.61 Å². The van der Waals surface area contributed by atoms with Crippen LogP contribution in [-0.4, -0.2) is 45.2 Å². The van der Waals surface area contributed by atoms with Gasteiger partial charge in [0.15, 0.2) is 0 Å². The SMILES string of the molecule is CC1(C)CC[C@@]2(C(=O)O)CC[C@@]3(C)C(=CC[C@@H]4[C@@]5(C)C[C@@H](O)[C@H](O)[C@@](C)(CO)[C@H]5CC[C@]43C)[C@H]2C1. The maximum Gasteiger partial charge on any atom is 0.310 e. The van der Waals surface area contributed by atoms with Crippen molar-refractivity contribution in [3.63, 3.8) is 0 Å². The molecule has 5 rings (SSSR count). The number of aliphatic hydroxyl groups excluding tert-OH is 3. The van der Waals surface area contributed by atoms with Crippen LogP contribution in [0.5, 0.6) is 0 Å². The summed E-state index contributed by atoms with van der Waals surface area (Å²) in [5.41, 5.74) is -0.0632. The van der Waals surface area contributed by atoms with E-state index in [0.717, 1.165) is 51.4 Å². The van der Waals surface area contributed by atoms with Crippen molar-refractivity contribution in [3.05, 3.63) is 11.6 Å².